The van der Waals surface area contributed by atoms with E-state index in [4.69, 9.17) is 0 Å². The highest BCUT2D eigenvalue weighted by molar-refractivity contribution is 7.14. The third-order valence-electron chi connectivity index (χ3n) is 2.74. The molecule has 0 aliphatic rings. The lowest BCUT2D eigenvalue weighted by molar-refractivity contribution is -0.120. The number of ketones is 1. The van der Waals surface area contributed by atoms with E-state index in [1.54, 1.807) is 5.38 Å². The molecule has 1 N–H and O–H groups in total. The highest BCUT2D eigenvalue weighted by Crippen LogP contribution is 2.20. The molecular weight excluding hydrogens is 248 g/mol. The Morgan fingerprint density at radius 2 is 1.94 bits per heavy atom. The van der Waals surface area contributed by atoms with Crippen LogP contribution in [0.15, 0.2) is 5.38 Å². The van der Waals surface area contributed by atoms with Gasteiger partial charge in [-0.15, -0.1) is 11.3 Å². The van der Waals surface area contributed by atoms with Crippen molar-refractivity contribution in [3.8, 4) is 0 Å². The summed E-state index contributed by atoms with van der Waals surface area (Å²) in [4.78, 5) is 27.2. The zero-order chi connectivity index (χ0) is 13.5. The summed E-state index contributed by atoms with van der Waals surface area (Å²) in [6, 6.07) is 0. The van der Waals surface area contributed by atoms with Gasteiger partial charge in [-0.25, -0.2) is 4.98 Å². The van der Waals surface area contributed by atoms with E-state index in [0.717, 1.165) is 25.7 Å². The van der Waals surface area contributed by atoms with Crippen molar-refractivity contribution in [3.05, 3.63) is 11.1 Å². The summed E-state index contributed by atoms with van der Waals surface area (Å²) in [6.45, 7) is 5.62. The highest BCUT2D eigenvalue weighted by Gasteiger charge is 2.18. The fraction of sp³-hybridized carbons (Fsp3) is 0.615. The van der Waals surface area contributed by atoms with Gasteiger partial charge in [0.25, 0.3) is 0 Å². The van der Waals surface area contributed by atoms with Crippen molar-refractivity contribution in [2.24, 2.45) is 5.92 Å². The molecule has 0 aromatic carbocycles. The maximum atomic E-state index is 12.0. The van der Waals surface area contributed by atoms with Crippen molar-refractivity contribution in [3.63, 3.8) is 0 Å². The zero-order valence-corrected chi connectivity index (χ0v) is 12.0. The summed E-state index contributed by atoms with van der Waals surface area (Å²) in [5.74, 6) is -0.0155. The monoisotopic (exact) mass is 268 g/mol. The maximum Gasteiger partial charge on any atom is 0.229 e. The van der Waals surface area contributed by atoms with Crippen LogP contribution in [0.4, 0.5) is 5.13 Å². The minimum atomic E-state index is -0.0783. The summed E-state index contributed by atoms with van der Waals surface area (Å²) < 4.78 is 0. The minimum Gasteiger partial charge on any atom is -0.302 e. The second-order valence-corrected chi connectivity index (χ2v) is 5.22. The molecule has 0 radical (unpaired) electrons. The van der Waals surface area contributed by atoms with Gasteiger partial charge >= 0.3 is 0 Å². The van der Waals surface area contributed by atoms with Crippen molar-refractivity contribution in [1.82, 2.24) is 4.98 Å². The first-order valence-electron chi connectivity index (χ1n) is 6.35. The Hall–Kier alpha value is -1.23. The predicted molar refractivity (Wildman–Crippen MR) is 74.1 cm³/mol. The average molecular weight is 268 g/mol. The van der Waals surface area contributed by atoms with Crippen LogP contribution < -0.4 is 5.32 Å². The topological polar surface area (TPSA) is 59.1 Å². The number of carbonyl (C=O) groups is 2. The first kappa shape index (κ1) is 14.8. The van der Waals surface area contributed by atoms with E-state index in [2.05, 4.69) is 24.1 Å². The van der Waals surface area contributed by atoms with E-state index >= 15 is 0 Å². The molecule has 0 atom stereocenters. The highest BCUT2D eigenvalue weighted by atomic mass is 32.1. The SMILES string of the molecule is CCCC(CCC)C(=O)Nc1nc(C(C)=O)cs1. The Kier molecular flexibility index (Phi) is 5.98. The number of amides is 1. The number of thiazole rings is 1. The molecule has 1 heterocycles. The summed E-state index contributed by atoms with van der Waals surface area (Å²) in [7, 11) is 0. The van der Waals surface area contributed by atoms with Crippen molar-refractivity contribution in [2.45, 2.75) is 46.5 Å². The van der Waals surface area contributed by atoms with Crippen molar-refractivity contribution in [1.29, 1.82) is 0 Å². The Morgan fingerprint density at radius 1 is 1.33 bits per heavy atom. The zero-order valence-electron chi connectivity index (χ0n) is 11.2. The summed E-state index contributed by atoms with van der Waals surface area (Å²) in [5, 5.41) is 4.99. The molecular formula is C13H20N2O2S. The van der Waals surface area contributed by atoms with E-state index < -0.39 is 0 Å². The minimum absolute atomic E-state index is 0.0168. The largest absolute Gasteiger partial charge is 0.302 e. The second-order valence-electron chi connectivity index (χ2n) is 4.36. The van der Waals surface area contributed by atoms with Crippen LogP contribution in [0.3, 0.4) is 0 Å². The fourth-order valence-corrected chi connectivity index (χ4v) is 2.56. The molecule has 0 fully saturated rings. The molecule has 0 saturated carbocycles. The quantitative estimate of drug-likeness (QED) is 0.770. The lowest BCUT2D eigenvalue weighted by Gasteiger charge is -2.13. The van der Waals surface area contributed by atoms with E-state index in [-0.39, 0.29) is 17.6 Å². The number of hydrogen-bond acceptors (Lipinski definition) is 4. The number of carbonyl (C=O) groups excluding carboxylic acids is 2. The molecule has 0 saturated heterocycles. The van der Waals surface area contributed by atoms with E-state index in [1.807, 2.05) is 0 Å². The Morgan fingerprint density at radius 3 is 2.39 bits per heavy atom. The lowest BCUT2D eigenvalue weighted by atomic mass is 9.97. The predicted octanol–water partition coefficient (Wildman–Crippen LogP) is 3.50. The number of Topliss-reactive ketones (excluding diaryl/α,β-unsaturated/α-hetero) is 1. The summed E-state index contributed by atoms with van der Waals surface area (Å²) in [6.07, 6.45) is 3.78. The van der Waals surface area contributed by atoms with Crippen molar-refractivity contribution in [2.75, 3.05) is 5.32 Å². The van der Waals surface area contributed by atoms with Crippen LogP contribution in [0, 0.1) is 5.92 Å². The number of anilines is 1. The molecule has 0 unspecified atom stereocenters. The van der Waals surface area contributed by atoms with Gasteiger partial charge in [0.05, 0.1) is 0 Å². The van der Waals surface area contributed by atoms with Gasteiger partial charge in [0, 0.05) is 18.2 Å². The van der Waals surface area contributed by atoms with Crippen LogP contribution >= 0.6 is 11.3 Å². The van der Waals surface area contributed by atoms with Crippen LogP contribution in [0.25, 0.3) is 0 Å². The third-order valence-corrected chi connectivity index (χ3v) is 3.50. The van der Waals surface area contributed by atoms with Crippen molar-refractivity contribution >= 4 is 28.2 Å². The number of aromatic nitrogens is 1. The Bertz CT molecular complexity index is 409. The van der Waals surface area contributed by atoms with Gasteiger partial charge in [0.15, 0.2) is 10.9 Å². The smallest absolute Gasteiger partial charge is 0.229 e. The maximum absolute atomic E-state index is 12.0. The van der Waals surface area contributed by atoms with Crippen LogP contribution in [0.1, 0.15) is 56.9 Å². The molecule has 4 nitrogen and oxygen atoms in total. The molecule has 0 spiro atoms. The molecule has 1 amide bonds. The fourth-order valence-electron chi connectivity index (χ4n) is 1.80. The van der Waals surface area contributed by atoms with E-state index in [1.165, 1.54) is 18.3 Å². The first-order chi connectivity index (χ1) is 8.58. The van der Waals surface area contributed by atoms with E-state index in [9.17, 15) is 9.59 Å². The van der Waals surface area contributed by atoms with Gasteiger partial charge < -0.3 is 5.32 Å². The van der Waals surface area contributed by atoms with E-state index in [0.29, 0.717) is 10.8 Å². The van der Waals surface area contributed by atoms with Crippen LogP contribution in [-0.4, -0.2) is 16.7 Å². The summed E-state index contributed by atoms with van der Waals surface area (Å²) >= 11 is 1.30. The van der Waals surface area contributed by atoms with Gasteiger partial charge in [-0.05, 0) is 12.8 Å². The molecule has 18 heavy (non-hydrogen) atoms. The number of rotatable bonds is 7. The normalized spacial score (nSPS) is 10.7. The molecule has 1 aromatic heterocycles. The molecule has 0 aliphatic heterocycles. The Balaban J connectivity index is 2.63. The van der Waals surface area contributed by atoms with Crippen LogP contribution in [0.2, 0.25) is 0 Å². The molecule has 0 bridgehead atoms. The number of hydrogen-bond donors (Lipinski definition) is 1. The second kappa shape index (κ2) is 7.26. The molecule has 0 aliphatic carbocycles. The average Bonchev–Trinajstić information content (AvgIpc) is 2.77. The van der Waals surface area contributed by atoms with Gasteiger partial charge in [-0.2, -0.15) is 0 Å². The Labute approximate surface area is 112 Å². The van der Waals surface area contributed by atoms with Gasteiger partial charge in [0.2, 0.25) is 5.91 Å². The van der Waals surface area contributed by atoms with Gasteiger partial charge in [-0.3, -0.25) is 9.59 Å². The molecule has 5 heteroatoms. The third kappa shape index (κ3) is 4.22. The van der Waals surface area contributed by atoms with Gasteiger partial charge in [0.1, 0.15) is 5.69 Å². The van der Waals surface area contributed by atoms with Crippen LogP contribution in [0.5, 0.6) is 0 Å². The van der Waals surface area contributed by atoms with Gasteiger partial charge in [-0.1, -0.05) is 26.7 Å². The van der Waals surface area contributed by atoms with Crippen LogP contribution in [-0.2, 0) is 4.79 Å². The lowest BCUT2D eigenvalue weighted by Crippen LogP contribution is -2.22. The molecule has 100 valence electrons. The number of nitrogens with zero attached hydrogens (tertiary/aromatic N) is 1. The standard InChI is InChI=1S/C13H20N2O2S/c1-4-6-10(7-5-2)12(17)15-13-14-11(8-18-13)9(3)16/h8,10H,4-7H2,1-3H3,(H,14,15,17). The molecule has 1 aromatic rings. The molecule has 1 rings (SSSR count). The first-order valence-corrected chi connectivity index (χ1v) is 7.23. The summed E-state index contributed by atoms with van der Waals surface area (Å²) in [5.41, 5.74) is 0.415. The van der Waals surface area contributed by atoms with Crippen molar-refractivity contribution < 1.29 is 9.59 Å². The number of nitrogens with one attached hydrogen (secondary N) is 1.